The van der Waals surface area contributed by atoms with Crippen molar-refractivity contribution in [3.63, 3.8) is 0 Å². The number of nitrogens with one attached hydrogen (secondary N) is 1. The molecule has 9 heteroatoms. The predicted molar refractivity (Wildman–Crippen MR) is 107 cm³/mol. The van der Waals surface area contributed by atoms with E-state index in [1.807, 2.05) is 11.8 Å². The van der Waals surface area contributed by atoms with Gasteiger partial charge in [0.15, 0.2) is 0 Å². The summed E-state index contributed by atoms with van der Waals surface area (Å²) in [7, 11) is 1.60. The van der Waals surface area contributed by atoms with Crippen LogP contribution in [0.4, 0.5) is 10.1 Å². The van der Waals surface area contributed by atoms with E-state index in [-0.39, 0.29) is 29.7 Å². The van der Waals surface area contributed by atoms with E-state index in [4.69, 9.17) is 4.74 Å². The summed E-state index contributed by atoms with van der Waals surface area (Å²) < 4.78 is 21.9. The zero-order valence-electron chi connectivity index (χ0n) is 16.9. The highest BCUT2D eigenvalue weighted by Gasteiger charge is 2.27. The minimum atomic E-state index is -0.443. The molecule has 2 aromatic rings. The Balaban J connectivity index is 1.57. The van der Waals surface area contributed by atoms with E-state index in [9.17, 15) is 14.0 Å². The molecule has 1 aliphatic heterocycles. The highest BCUT2D eigenvalue weighted by atomic mass is 19.1. The lowest BCUT2D eigenvalue weighted by Gasteiger charge is -2.30. The lowest BCUT2D eigenvalue weighted by atomic mass is 9.96. The molecule has 0 bridgehead atoms. The van der Waals surface area contributed by atoms with Crippen LogP contribution in [-0.4, -0.2) is 58.5 Å². The number of ether oxygens (including phenoxy) is 1. The van der Waals surface area contributed by atoms with Gasteiger partial charge in [-0.2, -0.15) is 5.10 Å². The molecule has 0 aliphatic carbocycles. The van der Waals surface area contributed by atoms with Crippen molar-refractivity contribution >= 4 is 11.6 Å². The van der Waals surface area contributed by atoms with E-state index < -0.39 is 5.82 Å². The molecular weight excluding hydrogens is 377 g/mol. The molecule has 1 fully saturated rings. The third-order valence-electron chi connectivity index (χ3n) is 5.24. The van der Waals surface area contributed by atoms with Gasteiger partial charge in [-0.1, -0.05) is 12.1 Å². The van der Waals surface area contributed by atoms with Crippen LogP contribution in [0.5, 0.6) is 0 Å². The average Bonchev–Trinajstić information content (AvgIpc) is 3.04. The fourth-order valence-corrected chi connectivity index (χ4v) is 3.69. The molecule has 1 saturated heterocycles. The third-order valence-corrected chi connectivity index (χ3v) is 5.24. The Hall–Kier alpha value is -2.52. The second kappa shape index (κ2) is 9.80. The normalized spacial score (nSPS) is 15.6. The van der Waals surface area contributed by atoms with Gasteiger partial charge >= 0.3 is 5.69 Å². The number of carbonyl (C=O) groups excluding carboxylic acids is 1. The number of halogens is 1. The number of carbonyl (C=O) groups is 1. The number of anilines is 1. The van der Waals surface area contributed by atoms with Crippen molar-refractivity contribution in [3.8, 4) is 0 Å². The topological polar surface area (TPSA) is 81.4 Å². The molecule has 1 aliphatic rings. The van der Waals surface area contributed by atoms with Gasteiger partial charge < -0.3 is 10.1 Å². The maximum absolute atomic E-state index is 13.7. The third kappa shape index (κ3) is 5.10. The Bertz CT molecular complexity index is 886. The highest BCUT2D eigenvalue weighted by molar-refractivity contribution is 5.92. The number of benzene rings is 1. The molecule has 0 unspecified atom stereocenters. The summed E-state index contributed by atoms with van der Waals surface area (Å²) in [5.41, 5.74) is 0.0900. The van der Waals surface area contributed by atoms with Crippen molar-refractivity contribution < 1.29 is 13.9 Å². The van der Waals surface area contributed by atoms with Crippen LogP contribution < -0.4 is 11.0 Å². The van der Waals surface area contributed by atoms with Crippen molar-refractivity contribution in [2.75, 3.05) is 38.7 Å². The summed E-state index contributed by atoms with van der Waals surface area (Å²) in [6.45, 7) is 5.04. The van der Waals surface area contributed by atoms with Crippen LogP contribution in [0.3, 0.4) is 0 Å². The zero-order valence-corrected chi connectivity index (χ0v) is 16.9. The minimum absolute atomic E-state index is 0.105. The molecule has 8 nitrogen and oxygen atoms in total. The molecule has 158 valence electrons. The SMILES string of the molecule is CCn1c(C2CCN(CC(=O)Nc3ccccc3F)CC2)nn(CCOC)c1=O. The highest BCUT2D eigenvalue weighted by Crippen LogP contribution is 2.26. The van der Waals surface area contributed by atoms with E-state index in [2.05, 4.69) is 10.4 Å². The number of methoxy groups -OCH3 is 1. The molecule has 0 saturated carbocycles. The zero-order chi connectivity index (χ0) is 20.8. The minimum Gasteiger partial charge on any atom is -0.383 e. The van der Waals surface area contributed by atoms with Gasteiger partial charge in [-0.15, -0.1) is 0 Å². The molecule has 2 heterocycles. The summed E-state index contributed by atoms with van der Waals surface area (Å²) in [5.74, 6) is 0.311. The van der Waals surface area contributed by atoms with E-state index in [1.165, 1.54) is 10.7 Å². The van der Waals surface area contributed by atoms with Crippen molar-refractivity contribution in [1.29, 1.82) is 0 Å². The van der Waals surface area contributed by atoms with Gasteiger partial charge in [-0.25, -0.2) is 13.9 Å². The van der Waals surface area contributed by atoms with Gasteiger partial charge in [0.1, 0.15) is 11.6 Å². The number of piperidine rings is 1. The number of amides is 1. The van der Waals surface area contributed by atoms with Gasteiger partial charge in [0, 0.05) is 19.6 Å². The number of rotatable bonds is 8. The van der Waals surface area contributed by atoms with E-state index in [0.29, 0.717) is 19.7 Å². The standard InChI is InChI=1S/C20H28FN5O3/c1-3-25-19(23-26(20(25)28)12-13-29-2)15-8-10-24(11-9-15)14-18(27)22-17-7-5-4-6-16(17)21/h4-7,15H,3,8-14H2,1-2H3,(H,22,27). The van der Waals surface area contributed by atoms with Crippen LogP contribution in [-0.2, 0) is 22.6 Å². The number of hydrogen-bond acceptors (Lipinski definition) is 5. The molecule has 3 rings (SSSR count). The van der Waals surface area contributed by atoms with Gasteiger partial charge in [0.25, 0.3) is 0 Å². The van der Waals surface area contributed by atoms with Crippen LogP contribution in [0.25, 0.3) is 0 Å². The molecule has 0 radical (unpaired) electrons. The molecule has 1 aromatic carbocycles. The number of likely N-dealkylation sites (tertiary alicyclic amines) is 1. The Morgan fingerprint density at radius 3 is 2.69 bits per heavy atom. The number of aromatic nitrogens is 3. The Labute approximate surface area is 169 Å². The first-order valence-corrected chi connectivity index (χ1v) is 9.96. The lowest BCUT2D eigenvalue weighted by molar-refractivity contribution is -0.117. The molecule has 1 aromatic heterocycles. The van der Waals surface area contributed by atoms with Crippen molar-refractivity contribution in [2.45, 2.75) is 38.8 Å². The van der Waals surface area contributed by atoms with Crippen LogP contribution in [0, 0.1) is 5.82 Å². The van der Waals surface area contributed by atoms with Gasteiger partial charge in [-0.3, -0.25) is 14.3 Å². The van der Waals surface area contributed by atoms with E-state index in [1.54, 1.807) is 29.9 Å². The van der Waals surface area contributed by atoms with Crippen molar-refractivity contribution in [1.82, 2.24) is 19.2 Å². The molecule has 1 N–H and O–H groups in total. The summed E-state index contributed by atoms with van der Waals surface area (Å²) in [4.78, 5) is 26.8. The maximum Gasteiger partial charge on any atom is 0.345 e. The van der Waals surface area contributed by atoms with Crippen LogP contribution in [0.1, 0.15) is 31.5 Å². The number of nitrogens with zero attached hydrogens (tertiary/aromatic N) is 4. The van der Waals surface area contributed by atoms with Crippen molar-refractivity contribution in [3.05, 3.63) is 46.4 Å². The first kappa shape index (κ1) is 21.2. The fraction of sp³-hybridized carbons (Fsp3) is 0.550. The van der Waals surface area contributed by atoms with E-state index >= 15 is 0 Å². The average molecular weight is 405 g/mol. The number of para-hydroxylation sites is 1. The smallest absolute Gasteiger partial charge is 0.345 e. The quantitative estimate of drug-likeness (QED) is 0.723. The van der Waals surface area contributed by atoms with Gasteiger partial charge in [0.2, 0.25) is 5.91 Å². The summed E-state index contributed by atoms with van der Waals surface area (Å²) in [5, 5.41) is 7.16. The van der Waals surface area contributed by atoms with Crippen LogP contribution in [0.15, 0.2) is 29.1 Å². The second-order valence-electron chi connectivity index (χ2n) is 7.18. The molecule has 0 spiro atoms. The predicted octanol–water partition coefficient (Wildman–Crippen LogP) is 1.67. The lowest BCUT2D eigenvalue weighted by Crippen LogP contribution is -2.39. The fourth-order valence-electron chi connectivity index (χ4n) is 3.69. The monoisotopic (exact) mass is 405 g/mol. The summed E-state index contributed by atoms with van der Waals surface area (Å²) in [6, 6.07) is 6.13. The second-order valence-corrected chi connectivity index (χ2v) is 7.18. The van der Waals surface area contributed by atoms with Crippen LogP contribution >= 0.6 is 0 Å². The maximum atomic E-state index is 13.7. The Kier molecular flexibility index (Phi) is 7.16. The first-order valence-electron chi connectivity index (χ1n) is 9.96. The van der Waals surface area contributed by atoms with Crippen molar-refractivity contribution in [2.24, 2.45) is 0 Å². The summed E-state index contributed by atoms with van der Waals surface area (Å²) in [6.07, 6.45) is 1.63. The molecular formula is C20H28FN5O3. The largest absolute Gasteiger partial charge is 0.383 e. The van der Waals surface area contributed by atoms with Gasteiger partial charge in [0.05, 0.1) is 25.4 Å². The first-order chi connectivity index (χ1) is 14.0. The van der Waals surface area contributed by atoms with Crippen LogP contribution in [0.2, 0.25) is 0 Å². The number of hydrogen-bond donors (Lipinski definition) is 1. The Morgan fingerprint density at radius 2 is 2.03 bits per heavy atom. The molecule has 0 atom stereocenters. The van der Waals surface area contributed by atoms with E-state index in [0.717, 1.165) is 31.8 Å². The summed E-state index contributed by atoms with van der Waals surface area (Å²) >= 11 is 0. The molecule has 1 amide bonds. The van der Waals surface area contributed by atoms with Gasteiger partial charge in [-0.05, 0) is 45.0 Å². The molecule has 29 heavy (non-hydrogen) atoms. The Morgan fingerprint density at radius 1 is 1.31 bits per heavy atom.